The van der Waals surface area contributed by atoms with Gasteiger partial charge in [-0.25, -0.2) is 16.8 Å². The van der Waals surface area contributed by atoms with E-state index in [1.807, 2.05) is 13.8 Å². The molecule has 2 fully saturated rings. The quantitative estimate of drug-likeness (QED) is 0.560. The van der Waals surface area contributed by atoms with E-state index >= 15 is 0 Å². The van der Waals surface area contributed by atoms with Crippen molar-refractivity contribution < 1.29 is 26.4 Å². The number of anilines is 1. The average Bonchev–Trinajstić information content (AvgIpc) is 2.88. The average molecular weight is 550 g/mol. The van der Waals surface area contributed by atoms with Gasteiger partial charge in [-0.15, -0.1) is 0 Å². The summed E-state index contributed by atoms with van der Waals surface area (Å²) in [6.07, 6.45) is 4.40. The molecule has 2 aliphatic rings. The predicted molar refractivity (Wildman–Crippen MR) is 142 cm³/mol. The molecule has 2 saturated heterocycles. The molecule has 2 atom stereocenters. The van der Waals surface area contributed by atoms with Crippen LogP contribution in [-0.2, 0) is 20.0 Å². The Bertz CT molecular complexity index is 1340. The number of sulfonamides is 2. The van der Waals surface area contributed by atoms with Crippen molar-refractivity contribution in [2.75, 3.05) is 32.1 Å². The number of hydrogen-bond acceptors (Lipinski definition) is 6. The van der Waals surface area contributed by atoms with Gasteiger partial charge in [-0.1, -0.05) is 13.3 Å². The summed E-state index contributed by atoms with van der Waals surface area (Å²) in [5.41, 5.74) is 0.559. The van der Waals surface area contributed by atoms with E-state index in [2.05, 4.69) is 5.32 Å². The Morgan fingerprint density at radius 3 is 2.30 bits per heavy atom. The molecular formula is C26H35N3O6S2. The van der Waals surface area contributed by atoms with E-state index in [1.165, 1.54) is 58.2 Å². The van der Waals surface area contributed by atoms with Gasteiger partial charge in [0.2, 0.25) is 20.0 Å². The normalized spacial score (nSPS) is 21.9. The minimum atomic E-state index is -3.86. The molecule has 0 bridgehead atoms. The summed E-state index contributed by atoms with van der Waals surface area (Å²) in [7, 11) is -6.07. The molecule has 11 heteroatoms. The molecule has 202 valence electrons. The molecular weight excluding hydrogens is 514 g/mol. The summed E-state index contributed by atoms with van der Waals surface area (Å²) in [6, 6.07) is 10.2. The number of carbonyl (C=O) groups is 1. The van der Waals surface area contributed by atoms with Gasteiger partial charge in [0.25, 0.3) is 5.91 Å². The van der Waals surface area contributed by atoms with Crippen LogP contribution in [0.2, 0.25) is 0 Å². The SMILES string of the molecule is COc1ccc(C(=O)Nc2ccc(S(=O)(=O)N3CCC[C@H](C)C3)cc2)cc1S(=O)(=O)N1CCCC[C@H]1C. The van der Waals surface area contributed by atoms with Crippen LogP contribution < -0.4 is 10.1 Å². The molecule has 0 saturated carbocycles. The van der Waals surface area contributed by atoms with Crippen molar-refractivity contribution in [3.8, 4) is 5.75 Å². The van der Waals surface area contributed by atoms with Crippen molar-refractivity contribution in [2.45, 2.75) is 61.8 Å². The molecule has 2 aromatic carbocycles. The van der Waals surface area contributed by atoms with Gasteiger partial charge in [0, 0.05) is 36.9 Å². The molecule has 9 nitrogen and oxygen atoms in total. The highest BCUT2D eigenvalue weighted by Gasteiger charge is 2.34. The summed E-state index contributed by atoms with van der Waals surface area (Å²) in [5.74, 6) is -0.0133. The molecule has 0 radical (unpaired) electrons. The Morgan fingerprint density at radius 2 is 1.65 bits per heavy atom. The summed E-state index contributed by atoms with van der Waals surface area (Å²) >= 11 is 0. The van der Waals surface area contributed by atoms with E-state index in [9.17, 15) is 21.6 Å². The van der Waals surface area contributed by atoms with Crippen LogP contribution in [0.15, 0.2) is 52.3 Å². The van der Waals surface area contributed by atoms with Crippen molar-refractivity contribution in [2.24, 2.45) is 5.92 Å². The molecule has 1 N–H and O–H groups in total. The summed E-state index contributed by atoms with van der Waals surface area (Å²) in [5, 5.41) is 2.73. The Labute approximate surface area is 219 Å². The minimum absolute atomic E-state index is 0.0476. The van der Waals surface area contributed by atoms with E-state index in [1.54, 1.807) is 0 Å². The summed E-state index contributed by atoms with van der Waals surface area (Å²) in [6.45, 7) is 5.36. The number of carbonyl (C=O) groups excluding carboxylic acids is 1. The van der Waals surface area contributed by atoms with E-state index < -0.39 is 26.0 Å². The third-order valence-electron chi connectivity index (χ3n) is 7.12. The van der Waals surface area contributed by atoms with Crippen molar-refractivity contribution in [1.29, 1.82) is 0 Å². The summed E-state index contributed by atoms with van der Waals surface area (Å²) < 4.78 is 61.2. The molecule has 0 aliphatic carbocycles. The molecule has 0 aromatic heterocycles. The van der Waals surface area contributed by atoms with Gasteiger partial charge < -0.3 is 10.1 Å². The third kappa shape index (κ3) is 5.84. The van der Waals surface area contributed by atoms with Crippen LogP contribution in [0.25, 0.3) is 0 Å². The van der Waals surface area contributed by atoms with Crippen molar-refractivity contribution in [3.63, 3.8) is 0 Å². The molecule has 2 aromatic rings. The van der Waals surface area contributed by atoms with Crippen LogP contribution in [0, 0.1) is 5.92 Å². The third-order valence-corrected chi connectivity index (χ3v) is 11.0. The number of ether oxygens (including phenoxy) is 1. The second-order valence-electron chi connectivity index (χ2n) is 9.92. The van der Waals surface area contributed by atoms with E-state index in [4.69, 9.17) is 4.74 Å². The zero-order valence-corrected chi connectivity index (χ0v) is 23.1. The molecule has 2 heterocycles. The lowest BCUT2D eigenvalue weighted by atomic mass is 10.0. The number of amides is 1. The number of rotatable bonds is 7. The fourth-order valence-electron chi connectivity index (χ4n) is 5.00. The fraction of sp³-hybridized carbons (Fsp3) is 0.500. The zero-order chi connectivity index (χ0) is 26.8. The Hall–Kier alpha value is -2.47. The van der Waals surface area contributed by atoms with Crippen LogP contribution in [0.1, 0.15) is 56.3 Å². The number of nitrogens with zero attached hydrogens (tertiary/aromatic N) is 2. The maximum Gasteiger partial charge on any atom is 0.255 e. The monoisotopic (exact) mass is 549 g/mol. The molecule has 2 aliphatic heterocycles. The van der Waals surface area contributed by atoms with Gasteiger partial charge in [-0.05, 0) is 81.0 Å². The largest absolute Gasteiger partial charge is 0.495 e. The van der Waals surface area contributed by atoms with Gasteiger partial charge in [0.05, 0.1) is 12.0 Å². The van der Waals surface area contributed by atoms with Crippen LogP contribution in [0.4, 0.5) is 5.69 Å². The Balaban J connectivity index is 1.53. The number of nitrogens with one attached hydrogen (secondary N) is 1. The zero-order valence-electron chi connectivity index (χ0n) is 21.5. The second-order valence-corrected chi connectivity index (χ2v) is 13.7. The first-order valence-corrected chi connectivity index (χ1v) is 15.5. The maximum atomic E-state index is 13.4. The maximum absolute atomic E-state index is 13.4. The van der Waals surface area contributed by atoms with Gasteiger partial charge >= 0.3 is 0 Å². The fourth-order valence-corrected chi connectivity index (χ4v) is 8.48. The van der Waals surface area contributed by atoms with Crippen molar-refractivity contribution >= 4 is 31.6 Å². The Morgan fingerprint density at radius 1 is 0.919 bits per heavy atom. The van der Waals surface area contributed by atoms with E-state index in [0.29, 0.717) is 31.2 Å². The molecule has 37 heavy (non-hydrogen) atoms. The van der Waals surface area contributed by atoms with Crippen LogP contribution in [0.5, 0.6) is 5.75 Å². The lowest BCUT2D eigenvalue weighted by Crippen LogP contribution is -2.42. The van der Waals surface area contributed by atoms with Crippen LogP contribution in [0.3, 0.4) is 0 Å². The van der Waals surface area contributed by atoms with Crippen LogP contribution >= 0.6 is 0 Å². The standard InChI is InChI=1S/C26H35N3O6S2/c1-19-7-6-15-28(18-19)36(31,32)23-12-10-22(11-13-23)27-26(30)21-9-14-24(35-3)25(17-21)37(33,34)29-16-5-4-8-20(29)2/h9-14,17,19-20H,4-8,15-16,18H2,1-3H3,(H,27,30)/t19-,20+/m0/s1. The number of piperidine rings is 2. The first kappa shape index (κ1) is 27.6. The van der Waals surface area contributed by atoms with Gasteiger partial charge in [0.1, 0.15) is 10.6 Å². The number of hydrogen-bond donors (Lipinski definition) is 1. The highest BCUT2D eigenvalue weighted by molar-refractivity contribution is 7.89. The van der Waals surface area contributed by atoms with Crippen molar-refractivity contribution in [3.05, 3.63) is 48.0 Å². The van der Waals surface area contributed by atoms with Gasteiger partial charge in [-0.3, -0.25) is 4.79 Å². The first-order chi connectivity index (χ1) is 17.5. The van der Waals surface area contributed by atoms with Crippen molar-refractivity contribution in [1.82, 2.24) is 8.61 Å². The number of methoxy groups -OCH3 is 1. The lowest BCUT2D eigenvalue weighted by molar-refractivity contribution is 0.102. The molecule has 1 amide bonds. The summed E-state index contributed by atoms with van der Waals surface area (Å²) in [4.78, 5) is 13.1. The molecule has 4 rings (SSSR count). The second kappa shape index (κ2) is 11.1. The Kier molecular flexibility index (Phi) is 8.27. The highest BCUT2D eigenvalue weighted by Crippen LogP contribution is 2.32. The predicted octanol–water partition coefficient (Wildman–Crippen LogP) is 3.93. The minimum Gasteiger partial charge on any atom is -0.495 e. The van der Waals surface area contributed by atoms with Gasteiger partial charge in [0.15, 0.2) is 0 Å². The van der Waals surface area contributed by atoms with Gasteiger partial charge in [-0.2, -0.15) is 8.61 Å². The van der Waals surface area contributed by atoms with Crippen LogP contribution in [-0.4, -0.2) is 64.1 Å². The first-order valence-electron chi connectivity index (χ1n) is 12.7. The van der Waals surface area contributed by atoms with E-state index in [-0.39, 0.29) is 27.1 Å². The van der Waals surface area contributed by atoms with E-state index in [0.717, 1.165) is 32.1 Å². The topological polar surface area (TPSA) is 113 Å². The highest BCUT2D eigenvalue weighted by atomic mass is 32.2. The molecule has 0 unspecified atom stereocenters. The number of benzene rings is 2. The smallest absolute Gasteiger partial charge is 0.255 e. The lowest BCUT2D eigenvalue weighted by Gasteiger charge is -2.32. The molecule has 0 spiro atoms.